The summed E-state index contributed by atoms with van der Waals surface area (Å²) < 4.78 is 0. The fraction of sp³-hybridized carbons (Fsp3) is 0.0769. The van der Waals surface area contributed by atoms with Crippen LogP contribution in [-0.4, -0.2) is 0 Å². The van der Waals surface area contributed by atoms with E-state index in [2.05, 4.69) is 122 Å². The van der Waals surface area contributed by atoms with Gasteiger partial charge in [-0.25, -0.2) is 0 Å². The van der Waals surface area contributed by atoms with E-state index in [1.165, 1.54) is 27.0 Å². The van der Waals surface area contributed by atoms with E-state index in [1.807, 2.05) is 0 Å². The highest BCUT2D eigenvalue weighted by Crippen LogP contribution is 2.58. The first-order chi connectivity index (χ1) is 13.3. The maximum absolute atomic E-state index is 2.31. The SMILES string of the molecule is Br.Cc1ccc(C[P+](c2ccccc2)(c2ccccc2)c2ccccc2)cc1. The van der Waals surface area contributed by atoms with Gasteiger partial charge >= 0.3 is 0 Å². The van der Waals surface area contributed by atoms with Crippen LogP contribution in [0.4, 0.5) is 0 Å². The van der Waals surface area contributed by atoms with Gasteiger partial charge in [-0.3, -0.25) is 0 Å². The molecule has 0 aromatic heterocycles. The summed E-state index contributed by atoms with van der Waals surface area (Å²) in [6, 6.07) is 42.2. The van der Waals surface area contributed by atoms with Crippen LogP contribution in [0.3, 0.4) is 0 Å². The van der Waals surface area contributed by atoms with E-state index in [-0.39, 0.29) is 17.0 Å². The summed E-state index contributed by atoms with van der Waals surface area (Å²) in [5, 5.41) is 4.30. The summed E-state index contributed by atoms with van der Waals surface area (Å²) in [6.45, 7) is 2.15. The molecular formula is C26H25BrP+. The van der Waals surface area contributed by atoms with Crippen LogP contribution in [0.2, 0.25) is 0 Å². The highest BCUT2D eigenvalue weighted by molar-refractivity contribution is 8.93. The number of aryl methyl sites for hydroxylation is 1. The van der Waals surface area contributed by atoms with Crippen molar-refractivity contribution in [1.82, 2.24) is 0 Å². The molecule has 0 aliphatic carbocycles. The lowest BCUT2D eigenvalue weighted by Gasteiger charge is -2.27. The number of hydrogen-bond acceptors (Lipinski definition) is 0. The molecule has 0 nitrogen and oxygen atoms in total. The summed E-state index contributed by atoms with van der Waals surface area (Å²) >= 11 is 0. The van der Waals surface area contributed by atoms with Gasteiger partial charge in [0.05, 0.1) is 6.16 Å². The molecule has 0 heterocycles. The molecule has 0 aliphatic rings. The maximum Gasteiger partial charge on any atom is 0.116 e. The molecule has 0 saturated carbocycles. The Morgan fingerprint density at radius 3 is 1.21 bits per heavy atom. The van der Waals surface area contributed by atoms with Crippen molar-refractivity contribution in [2.24, 2.45) is 0 Å². The van der Waals surface area contributed by atoms with E-state index in [1.54, 1.807) is 0 Å². The van der Waals surface area contributed by atoms with Gasteiger partial charge in [0.25, 0.3) is 0 Å². The van der Waals surface area contributed by atoms with Gasteiger partial charge in [0.1, 0.15) is 23.2 Å². The second-order valence-corrected chi connectivity index (χ2v) is 10.4. The Bertz CT molecular complexity index is 884. The normalized spacial score (nSPS) is 10.9. The highest BCUT2D eigenvalue weighted by atomic mass is 79.9. The van der Waals surface area contributed by atoms with Gasteiger partial charge in [0.15, 0.2) is 0 Å². The van der Waals surface area contributed by atoms with Gasteiger partial charge in [-0.15, -0.1) is 17.0 Å². The monoisotopic (exact) mass is 447 g/mol. The molecule has 4 rings (SSSR count). The topological polar surface area (TPSA) is 0 Å². The van der Waals surface area contributed by atoms with Crippen molar-refractivity contribution < 1.29 is 0 Å². The van der Waals surface area contributed by atoms with Crippen LogP contribution in [0, 0.1) is 6.92 Å². The lowest BCUT2D eigenvalue weighted by molar-refractivity contribution is 1.35. The minimum Gasteiger partial charge on any atom is -0.114 e. The molecule has 0 fully saturated rings. The van der Waals surface area contributed by atoms with Crippen LogP contribution in [0.1, 0.15) is 11.1 Å². The van der Waals surface area contributed by atoms with Gasteiger partial charge < -0.3 is 0 Å². The summed E-state index contributed by atoms with van der Waals surface area (Å²) in [6.07, 6.45) is 1.03. The highest BCUT2D eigenvalue weighted by Gasteiger charge is 2.45. The Kier molecular flexibility index (Phi) is 6.83. The van der Waals surface area contributed by atoms with Gasteiger partial charge in [-0.2, -0.15) is 0 Å². The number of benzene rings is 4. The minimum atomic E-state index is -1.79. The number of rotatable bonds is 5. The Hall–Kier alpha value is -2.21. The van der Waals surface area contributed by atoms with E-state index in [0.717, 1.165) is 6.16 Å². The van der Waals surface area contributed by atoms with Crippen LogP contribution < -0.4 is 15.9 Å². The van der Waals surface area contributed by atoms with Crippen LogP contribution >= 0.6 is 24.2 Å². The van der Waals surface area contributed by atoms with Crippen LogP contribution in [0.5, 0.6) is 0 Å². The molecule has 4 aromatic rings. The summed E-state index contributed by atoms with van der Waals surface area (Å²) in [4.78, 5) is 0. The van der Waals surface area contributed by atoms with Gasteiger partial charge in [-0.1, -0.05) is 84.4 Å². The quantitative estimate of drug-likeness (QED) is 0.325. The van der Waals surface area contributed by atoms with Crippen LogP contribution in [-0.2, 0) is 6.16 Å². The van der Waals surface area contributed by atoms with E-state index in [9.17, 15) is 0 Å². The molecule has 0 saturated heterocycles. The minimum absolute atomic E-state index is 0. The molecular weight excluding hydrogens is 423 g/mol. The molecule has 0 atom stereocenters. The molecule has 0 radical (unpaired) electrons. The summed E-state index contributed by atoms with van der Waals surface area (Å²) in [5.74, 6) is 0. The average molecular weight is 448 g/mol. The smallest absolute Gasteiger partial charge is 0.114 e. The Labute approximate surface area is 179 Å². The van der Waals surface area contributed by atoms with Crippen molar-refractivity contribution in [1.29, 1.82) is 0 Å². The molecule has 0 spiro atoms. The first kappa shape index (κ1) is 20.5. The van der Waals surface area contributed by atoms with Crippen molar-refractivity contribution in [2.75, 3.05) is 0 Å². The zero-order valence-corrected chi connectivity index (χ0v) is 18.6. The van der Waals surface area contributed by atoms with E-state index < -0.39 is 7.26 Å². The van der Waals surface area contributed by atoms with Gasteiger partial charge in [0, 0.05) is 0 Å². The third kappa shape index (κ3) is 4.12. The third-order valence-electron chi connectivity index (χ3n) is 5.13. The predicted molar refractivity (Wildman–Crippen MR) is 130 cm³/mol. The largest absolute Gasteiger partial charge is 0.116 e. The molecule has 0 N–H and O–H groups in total. The lowest BCUT2D eigenvalue weighted by Crippen LogP contribution is -2.32. The molecule has 0 bridgehead atoms. The molecule has 4 aromatic carbocycles. The van der Waals surface area contributed by atoms with E-state index in [4.69, 9.17) is 0 Å². The lowest BCUT2D eigenvalue weighted by atomic mass is 10.2. The summed E-state index contributed by atoms with van der Waals surface area (Å²) in [5.41, 5.74) is 2.70. The second kappa shape index (κ2) is 9.32. The van der Waals surface area contributed by atoms with E-state index in [0.29, 0.717) is 0 Å². The zero-order valence-electron chi connectivity index (χ0n) is 16.0. The maximum atomic E-state index is 2.31. The van der Waals surface area contributed by atoms with Crippen molar-refractivity contribution >= 4 is 40.2 Å². The Morgan fingerprint density at radius 2 is 0.857 bits per heavy atom. The van der Waals surface area contributed by atoms with Gasteiger partial charge in [0.2, 0.25) is 0 Å². The van der Waals surface area contributed by atoms with Gasteiger partial charge in [-0.05, 0) is 48.9 Å². The van der Waals surface area contributed by atoms with Crippen molar-refractivity contribution in [3.8, 4) is 0 Å². The van der Waals surface area contributed by atoms with Crippen LogP contribution in [0.15, 0.2) is 115 Å². The third-order valence-corrected chi connectivity index (χ3v) is 9.51. The fourth-order valence-electron chi connectivity index (χ4n) is 3.74. The first-order valence-corrected chi connectivity index (χ1v) is 11.4. The molecule has 140 valence electrons. The van der Waals surface area contributed by atoms with Crippen molar-refractivity contribution in [3.63, 3.8) is 0 Å². The molecule has 0 aliphatic heterocycles. The molecule has 0 amide bonds. The Morgan fingerprint density at radius 1 is 0.500 bits per heavy atom. The average Bonchev–Trinajstić information content (AvgIpc) is 2.75. The first-order valence-electron chi connectivity index (χ1n) is 9.39. The predicted octanol–water partition coefficient (Wildman–Crippen LogP) is 6.07. The van der Waals surface area contributed by atoms with Crippen LogP contribution in [0.25, 0.3) is 0 Å². The molecule has 0 unspecified atom stereocenters. The van der Waals surface area contributed by atoms with Crippen molar-refractivity contribution in [2.45, 2.75) is 13.1 Å². The van der Waals surface area contributed by atoms with E-state index >= 15 is 0 Å². The molecule has 2 heteroatoms. The Balaban J connectivity index is 0.00000225. The number of hydrogen-bond donors (Lipinski definition) is 0. The fourth-order valence-corrected chi connectivity index (χ4v) is 7.98. The second-order valence-electron chi connectivity index (χ2n) is 6.96. The standard InChI is InChI=1S/C26H24P.BrH/c1-22-17-19-23(20-18-22)21-27(24-11-5-2-6-12-24,25-13-7-3-8-14-25)26-15-9-4-10-16-26;/h2-20H,21H2,1H3;1H/q+1;. The number of halogens is 1. The van der Waals surface area contributed by atoms with Crippen molar-refractivity contribution in [3.05, 3.63) is 126 Å². The summed E-state index contributed by atoms with van der Waals surface area (Å²) in [7, 11) is -1.79. The molecule has 28 heavy (non-hydrogen) atoms. The zero-order chi connectivity index (χ0) is 18.5.